The Morgan fingerprint density at radius 1 is 1.35 bits per heavy atom. The van der Waals surface area contributed by atoms with Crippen LogP contribution in [-0.2, 0) is 10.2 Å². The number of nitrogens with zero attached hydrogens (tertiary/aromatic N) is 2. The molecule has 5 nitrogen and oxygen atoms in total. The summed E-state index contributed by atoms with van der Waals surface area (Å²) >= 11 is 0. The molecule has 1 unspecified atom stereocenters. The van der Waals surface area contributed by atoms with Gasteiger partial charge in [-0.2, -0.15) is 0 Å². The zero-order chi connectivity index (χ0) is 16.5. The molecule has 23 heavy (non-hydrogen) atoms. The summed E-state index contributed by atoms with van der Waals surface area (Å²) in [5.74, 6) is 0.455. The van der Waals surface area contributed by atoms with Crippen molar-refractivity contribution in [3.63, 3.8) is 0 Å². The monoisotopic (exact) mass is 318 g/mol. The molecule has 0 bridgehead atoms. The van der Waals surface area contributed by atoms with Crippen LogP contribution in [-0.4, -0.2) is 46.4 Å². The number of hydrogen-bond acceptors (Lipinski definition) is 3. The third kappa shape index (κ3) is 3.20. The molecule has 3 heterocycles. The minimum absolute atomic E-state index is 0.00635. The van der Waals surface area contributed by atoms with E-state index in [9.17, 15) is 9.90 Å². The van der Waals surface area contributed by atoms with Crippen LogP contribution in [0.4, 0.5) is 4.79 Å². The van der Waals surface area contributed by atoms with Crippen molar-refractivity contribution in [1.82, 2.24) is 9.88 Å². The molecule has 2 aliphatic heterocycles. The van der Waals surface area contributed by atoms with Gasteiger partial charge in [-0.3, -0.25) is 4.98 Å². The number of carbonyl (C=O) groups is 1. The van der Waals surface area contributed by atoms with Gasteiger partial charge in [0.1, 0.15) is 0 Å². The van der Waals surface area contributed by atoms with Crippen LogP contribution < -0.4 is 0 Å². The predicted molar refractivity (Wildman–Crippen MR) is 87.5 cm³/mol. The largest absolute Gasteiger partial charge is 0.465 e. The fraction of sp³-hybridized carbons (Fsp3) is 0.667. The van der Waals surface area contributed by atoms with Gasteiger partial charge in [0.15, 0.2) is 0 Å². The second-order valence-electron chi connectivity index (χ2n) is 7.45. The lowest BCUT2D eigenvalue weighted by Gasteiger charge is -2.50. The summed E-state index contributed by atoms with van der Waals surface area (Å²) in [4.78, 5) is 17.4. The molecule has 0 saturated carbocycles. The summed E-state index contributed by atoms with van der Waals surface area (Å²) in [7, 11) is 0. The quantitative estimate of drug-likeness (QED) is 0.909. The lowest BCUT2D eigenvalue weighted by atomic mass is 9.61. The van der Waals surface area contributed by atoms with E-state index in [-0.39, 0.29) is 11.0 Å². The number of carboxylic acid groups (broad SMARTS) is 1. The molecule has 1 atom stereocenters. The number of piperidine rings is 1. The smallest absolute Gasteiger partial charge is 0.407 e. The summed E-state index contributed by atoms with van der Waals surface area (Å²) in [6.45, 7) is 6.28. The molecule has 3 rings (SSSR count). The van der Waals surface area contributed by atoms with E-state index in [0.717, 1.165) is 38.0 Å². The van der Waals surface area contributed by atoms with Gasteiger partial charge in [0.2, 0.25) is 0 Å². The Morgan fingerprint density at radius 2 is 2.09 bits per heavy atom. The van der Waals surface area contributed by atoms with E-state index in [2.05, 4.69) is 31.0 Å². The first-order valence-corrected chi connectivity index (χ1v) is 8.46. The summed E-state index contributed by atoms with van der Waals surface area (Å²) in [6.07, 6.45) is 4.77. The maximum atomic E-state index is 11.2. The number of aromatic nitrogens is 1. The van der Waals surface area contributed by atoms with Gasteiger partial charge in [0, 0.05) is 37.0 Å². The van der Waals surface area contributed by atoms with Crippen LogP contribution in [0.1, 0.15) is 45.2 Å². The van der Waals surface area contributed by atoms with Gasteiger partial charge < -0.3 is 14.7 Å². The average Bonchev–Trinajstić information content (AvgIpc) is 2.55. The summed E-state index contributed by atoms with van der Waals surface area (Å²) in [6, 6.07) is 6.14. The molecule has 2 aliphatic rings. The molecule has 0 aliphatic carbocycles. The van der Waals surface area contributed by atoms with Crippen LogP contribution in [0.3, 0.4) is 0 Å². The van der Waals surface area contributed by atoms with Gasteiger partial charge in [-0.05, 0) is 57.6 Å². The molecule has 1 aromatic heterocycles. The molecule has 0 aromatic carbocycles. The normalized spacial score (nSPS) is 28.5. The standard InChI is InChI=1S/C18H26N2O3/c1-17(2)13-18(8-12-23-17,15-5-3-4-9-19-15)14-6-10-20(11-7-14)16(21)22/h3-5,9,14H,6-8,10-13H2,1-2H3,(H,21,22). The lowest BCUT2D eigenvalue weighted by Crippen LogP contribution is -2.52. The first-order chi connectivity index (χ1) is 10.9. The lowest BCUT2D eigenvalue weighted by molar-refractivity contribution is -0.101. The molecule has 1 aromatic rings. The second-order valence-corrected chi connectivity index (χ2v) is 7.45. The van der Waals surface area contributed by atoms with E-state index in [1.165, 1.54) is 4.90 Å². The Kier molecular flexibility index (Phi) is 4.32. The summed E-state index contributed by atoms with van der Waals surface area (Å²) < 4.78 is 5.96. The fourth-order valence-corrected chi connectivity index (χ4v) is 4.47. The Labute approximate surface area is 137 Å². The number of hydrogen-bond donors (Lipinski definition) is 1. The highest BCUT2D eigenvalue weighted by Crippen LogP contribution is 2.49. The van der Waals surface area contributed by atoms with E-state index < -0.39 is 6.09 Å². The van der Waals surface area contributed by atoms with Gasteiger partial charge in [-0.15, -0.1) is 0 Å². The predicted octanol–water partition coefficient (Wildman–Crippen LogP) is 3.30. The van der Waals surface area contributed by atoms with E-state index >= 15 is 0 Å². The van der Waals surface area contributed by atoms with E-state index in [0.29, 0.717) is 19.0 Å². The molecule has 1 N–H and O–H groups in total. The SMILES string of the molecule is CC1(C)CC(c2ccccn2)(C2CCN(C(=O)O)CC2)CCO1. The first-order valence-electron chi connectivity index (χ1n) is 8.46. The second kappa shape index (κ2) is 6.11. The van der Waals surface area contributed by atoms with Gasteiger partial charge in [-0.1, -0.05) is 6.07 Å². The first kappa shape index (κ1) is 16.2. The topological polar surface area (TPSA) is 62.7 Å². The zero-order valence-electron chi connectivity index (χ0n) is 14.0. The molecular weight excluding hydrogens is 292 g/mol. The van der Waals surface area contributed by atoms with Crippen molar-refractivity contribution in [1.29, 1.82) is 0 Å². The van der Waals surface area contributed by atoms with Crippen LogP contribution >= 0.6 is 0 Å². The molecule has 0 spiro atoms. The summed E-state index contributed by atoms with van der Waals surface area (Å²) in [5, 5.41) is 9.19. The maximum absolute atomic E-state index is 11.2. The Hall–Kier alpha value is -1.62. The highest BCUT2D eigenvalue weighted by atomic mass is 16.5. The molecule has 5 heteroatoms. The van der Waals surface area contributed by atoms with Crippen LogP contribution in [0.15, 0.2) is 24.4 Å². The van der Waals surface area contributed by atoms with Crippen molar-refractivity contribution < 1.29 is 14.6 Å². The zero-order valence-corrected chi connectivity index (χ0v) is 14.0. The highest BCUT2D eigenvalue weighted by molar-refractivity contribution is 5.65. The maximum Gasteiger partial charge on any atom is 0.407 e. The van der Waals surface area contributed by atoms with Crippen molar-refractivity contribution >= 4 is 6.09 Å². The molecule has 2 fully saturated rings. The Balaban J connectivity index is 1.89. The molecule has 1 amide bonds. The van der Waals surface area contributed by atoms with Crippen LogP contribution in [0.25, 0.3) is 0 Å². The number of amides is 1. The van der Waals surface area contributed by atoms with Gasteiger partial charge in [-0.25, -0.2) is 4.79 Å². The minimum atomic E-state index is -0.803. The average molecular weight is 318 g/mol. The summed E-state index contributed by atoms with van der Waals surface area (Å²) in [5.41, 5.74) is 0.970. The number of ether oxygens (including phenoxy) is 1. The number of likely N-dealkylation sites (tertiary alicyclic amines) is 1. The number of pyridine rings is 1. The van der Waals surface area contributed by atoms with Crippen LogP contribution in [0.2, 0.25) is 0 Å². The van der Waals surface area contributed by atoms with Gasteiger partial charge >= 0.3 is 6.09 Å². The third-order valence-electron chi connectivity index (χ3n) is 5.50. The third-order valence-corrected chi connectivity index (χ3v) is 5.50. The van der Waals surface area contributed by atoms with E-state index in [1.807, 2.05) is 12.3 Å². The number of rotatable bonds is 2. The molecule has 0 radical (unpaired) electrons. The van der Waals surface area contributed by atoms with Crippen LogP contribution in [0, 0.1) is 5.92 Å². The minimum Gasteiger partial charge on any atom is -0.465 e. The highest BCUT2D eigenvalue weighted by Gasteiger charge is 2.48. The van der Waals surface area contributed by atoms with Crippen molar-refractivity contribution in [2.24, 2.45) is 5.92 Å². The Morgan fingerprint density at radius 3 is 2.65 bits per heavy atom. The van der Waals surface area contributed by atoms with Gasteiger partial charge in [0.05, 0.1) is 5.60 Å². The molecule has 2 saturated heterocycles. The Bertz CT molecular complexity index is 553. The molecule has 126 valence electrons. The molecular formula is C18H26N2O3. The van der Waals surface area contributed by atoms with E-state index in [1.54, 1.807) is 0 Å². The van der Waals surface area contributed by atoms with Crippen molar-refractivity contribution in [2.75, 3.05) is 19.7 Å². The van der Waals surface area contributed by atoms with Crippen LogP contribution in [0.5, 0.6) is 0 Å². The van der Waals surface area contributed by atoms with E-state index in [4.69, 9.17) is 4.74 Å². The van der Waals surface area contributed by atoms with Crippen molar-refractivity contribution in [2.45, 2.75) is 50.5 Å². The van der Waals surface area contributed by atoms with Crippen molar-refractivity contribution in [3.05, 3.63) is 30.1 Å². The van der Waals surface area contributed by atoms with Crippen molar-refractivity contribution in [3.8, 4) is 0 Å². The fourth-order valence-electron chi connectivity index (χ4n) is 4.47. The van der Waals surface area contributed by atoms with Gasteiger partial charge in [0.25, 0.3) is 0 Å².